The number of para-hydroxylation sites is 2. The van der Waals surface area contributed by atoms with Crippen molar-refractivity contribution in [2.75, 3.05) is 44.8 Å². The SMILES string of the molecule is CCOc1ccccc1NC(=O)CN(C[C@@H]1CCCO1)C[C@@H]1CCCO1. The Hall–Kier alpha value is -1.63. The van der Waals surface area contributed by atoms with Crippen LogP contribution in [0.5, 0.6) is 5.75 Å². The van der Waals surface area contributed by atoms with E-state index in [1.165, 1.54) is 0 Å². The lowest BCUT2D eigenvalue weighted by Gasteiger charge is -2.27. The second-order valence-electron chi connectivity index (χ2n) is 6.94. The molecule has 26 heavy (non-hydrogen) atoms. The standard InChI is InChI=1S/C20H30N2O4/c1-2-24-19-10-4-3-9-18(19)21-20(23)15-22(13-16-7-5-11-25-16)14-17-8-6-12-26-17/h3-4,9-10,16-17H,2,5-8,11-15H2,1H3,(H,21,23)/t16-,17-/m0/s1. The summed E-state index contributed by atoms with van der Waals surface area (Å²) in [6.45, 7) is 6.04. The number of rotatable bonds is 9. The molecule has 1 N–H and O–H groups in total. The summed E-state index contributed by atoms with van der Waals surface area (Å²) < 4.78 is 17.1. The molecule has 0 unspecified atom stereocenters. The quantitative estimate of drug-likeness (QED) is 0.732. The molecule has 2 heterocycles. The molecule has 2 aliphatic rings. The summed E-state index contributed by atoms with van der Waals surface area (Å²) in [6, 6.07) is 7.54. The minimum Gasteiger partial charge on any atom is -0.492 e. The van der Waals surface area contributed by atoms with Crippen molar-refractivity contribution in [2.45, 2.75) is 44.8 Å². The van der Waals surface area contributed by atoms with E-state index in [1.807, 2.05) is 31.2 Å². The summed E-state index contributed by atoms with van der Waals surface area (Å²) in [5.41, 5.74) is 0.716. The van der Waals surface area contributed by atoms with Gasteiger partial charge in [-0.1, -0.05) is 12.1 Å². The number of carbonyl (C=O) groups excluding carboxylic acids is 1. The zero-order valence-corrected chi connectivity index (χ0v) is 15.6. The molecular formula is C20H30N2O4. The number of hydrogen-bond acceptors (Lipinski definition) is 5. The number of hydrogen-bond donors (Lipinski definition) is 1. The highest BCUT2D eigenvalue weighted by Crippen LogP contribution is 2.24. The molecule has 6 nitrogen and oxygen atoms in total. The van der Waals surface area contributed by atoms with E-state index in [-0.39, 0.29) is 18.1 Å². The lowest BCUT2D eigenvalue weighted by atomic mass is 10.2. The Bertz CT molecular complexity index is 551. The normalized spacial score (nSPS) is 22.7. The van der Waals surface area contributed by atoms with Gasteiger partial charge in [-0.2, -0.15) is 0 Å². The molecule has 0 saturated carbocycles. The minimum absolute atomic E-state index is 0.0341. The van der Waals surface area contributed by atoms with Crippen LogP contribution < -0.4 is 10.1 Å². The van der Waals surface area contributed by atoms with Gasteiger partial charge >= 0.3 is 0 Å². The molecule has 0 bridgehead atoms. The van der Waals surface area contributed by atoms with Crippen molar-refractivity contribution >= 4 is 11.6 Å². The number of amides is 1. The third kappa shape index (κ3) is 5.69. The third-order valence-corrected chi connectivity index (χ3v) is 4.80. The van der Waals surface area contributed by atoms with Crippen molar-refractivity contribution in [3.8, 4) is 5.75 Å². The molecule has 3 rings (SSSR count). The number of carbonyl (C=O) groups is 1. The monoisotopic (exact) mass is 362 g/mol. The number of benzene rings is 1. The van der Waals surface area contributed by atoms with Gasteiger partial charge in [0.2, 0.25) is 5.91 Å². The van der Waals surface area contributed by atoms with Crippen LogP contribution in [-0.2, 0) is 14.3 Å². The highest BCUT2D eigenvalue weighted by atomic mass is 16.5. The van der Waals surface area contributed by atoms with Crippen molar-refractivity contribution in [1.82, 2.24) is 4.90 Å². The molecule has 144 valence electrons. The number of nitrogens with zero attached hydrogens (tertiary/aromatic N) is 1. The van der Waals surface area contributed by atoms with Gasteiger partial charge in [-0.05, 0) is 44.7 Å². The summed E-state index contributed by atoms with van der Waals surface area (Å²) in [4.78, 5) is 14.8. The van der Waals surface area contributed by atoms with Crippen molar-refractivity contribution in [2.24, 2.45) is 0 Å². The van der Waals surface area contributed by atoms with Gasteiger partial charge in [0.05, 0.1) is 31.0 Å². The zero-order chi connectivity index (χ0) is 18.2. The van der Waals surface area contributed by atoms with Gasteiger partial charge in [0.25, 0.3) is 0 Å². The molecule has 0 aromatic heterocycles. The molecule has 2 aliphatic heterocycles. The number of nitrogens with one attached hydrogen (secondary N) is 1. The molecule has 1 aromatic rings. The van der Waals surface area contributed by atoms with Gasteiger partial charge in [0.1, 0.15) is 5.75 Å². The molecule has 2 fully saturated rings. The minimum atomic E-state index is -0.0341. The number of ether oxygens (including phenoxy) is 3. The summed E-state index contributed by atoms with van der Waals surface area (Å²) in [5.74, 6) is 0.668. The van der Waals surface area contributed by atoms with E-state index < -0.39 is 0 Å². The predicted molar refractivity (Wildman–Crippen MR) is 101 cm³/mol. The molecule has 1 amide bonds. The van der Waals surface area contributed by atoms with Crippen LogP contribution >= 0.6 is 0 Å². The van der Waals surface area contributed by atoms with E-state index >= 15 is 0 Å². The smallest absolute Gasteiger partial charge is 0.238 e. The van der Waals surface area contributed by atoms with E-state index in [4.69, 9.17) is 14.2 Å². The van der Waals surface area contributed by atoms with Crippen molar-refractivity contribution in [3.05, 3.63) is 24.3 Å². The Kier molecular flexibility index (Phi) is 7.29. The Balaban J connectivity index is 1.58. The summed E-state index contributed by atoms with van der Waals surface area (Å²) >= 11 is 0. The molecule has 0 radical (unpaired) electrons. The molecule has 0 spiro atoms. The van der Waals surface area contributed by atoms with Gasteiger partial charge in [-0.25, -0.2) is 0 Å². The van der Waals surface area contributed by atoms with Crippen LogP contribution in [0.4, 0.5) is 5.69 Å². The summed E-state index contributed by atoms with van der Waals surface area (Å²) in [7, 11) is 0. The van der Waals surface area contributed by atoms with Crippen LogP contribution in [0.1, 0.15) is 32.6 Å². The maximum absolute atomic E-state index is 12.6. The van der Waals surface area contributed by atoms with Gasteiger partial charge in [-0.15, -0.1) is 0 Å². The van der Waals surface area contributed by atoms with Gasteiger partial charge < -0.3 is 19.5 Å². The Morgan fingerprint density at radius 1 is 1.15 bits per heavy atom. The van der Waals surface area contributed by atoms with Crippen LogP contribution in [-0.4, -0.2) is 62.5 Å². The topological polar surface area (TPSA) is 60.0 Å². The summed E-state index contributed by atoms with van der Waals surface area (Å²) in [6.07, 6.45) is 4.78. The fourth-order valence-corrected chi connectivity index (χ4v) is 3.60. The third-order valence-electron chi connectivity index (χ3n) is 4.80. The van der Waals surface area contributed by atoms with Crippen LogP contribution in [0.3, 0.4) is 0 Å². The Labute approximate surface area is 155 Å². The second kappa shape index (κ2) is 9.90. The van der Waals surface area contributed by atoms with Gasteiger partial charge in [0.15, 0.2) is 0 Å². The molecule has 0 aliphatic carbocycles. The van der Waals surface area contributed by atoms with Crippen molar-refractivity contribution in [1.29, 1.82) is 0 Å². The van der Waals surface area contributed by atoms with Gasteiger partial charge in [0, 0.05) is 26.3 Å². The molecule has 6 heteroatoms. The van der Waals surface area contributed by atoms with E-state index in [0.29, 0.717) is 24.6 Å². The fraction of sp³-hybridized carbons (Fsp3) is 0.650. The average molecular weight is 362 g/mol. The lowest BCUT2D eigenvalue weighted by molar-refractivity contribution is -0.118. The number of anilines is 1. The first-order valence-electron chi connectivity index (χ1n) is 9.72. The first-order chi connectivity index (χ1) is 12.7. The van der Waals surface area contributed by atoms with Gasteiger partial charge in [-0.3, -0.25) is 9.69 Å². The van der Waals surface area contributed by atoms with Crippen LogP contribution in [0.15, 0.2) is 24.3 Å². The summed E-state index contributed by atoms with van der Waals surface area (Å²) in [5, 5.41) is 2.99. The first-order valence-corrected chi connectivity index (χ1v) is 9.72. The Morgan fingerprint density at radius 3 is 2.38 bits per heavy atom. The molecule has 2 saturated heterocycles. The van der Waals surface area contributed by atoms with E-state index in [1.54, 1.807) is 0 Å². The fourth-order valence-electron chi connectivity index (χ4n) is 3.60. The largest absolute Gasteiger partial charge is 0.492 e. The van der Waals surface area contributed by atoms with Crippen LogP contribution in [0.2, 0.25) is 0 Å². The highest BCUT2D eigenvalue weighted by Gasteiger charge is 2.25. The Morgan fingerprint density at radius 2 is 1.81 bits per heavy atom. The van der Waals surface area contributed by atoms with Crippen molar-refractivity contribution in [3.63, 3.8) is 0 Å². The van der Waals surface area contributed by atoms with E-state index in [2.05, 4.69) is 10.2 Å². The second-order valence-corrected chi connectivity index (χ2v) is 6.94. The zero-order valence-electron chi connectivity index (χ0n) is 15.6. The first kappa shape index (κ1) is 19.1. The van der Waals surface area contributed by atoms with Crippen LogP contribution in [0.25, 0.3) is 0 Å². The molecular weight excluding hydrogens is 332 g/mol. The lowest BCUT2D eigenvalue weighted by Crippen LogP contribution is -2.42. The van der Waals surface area contributed by atoms with Crippen molar-refractivity contribution < 1.29 is 19.0 Å². The predicted octanol–water partition coefficient (Wildman–Crippen LogP) is 2.68. The van der Waals surface area contributed by atoms with E-state index in [0.717, 1.165) is 52.0 Å². The molecule has 1 aromatic carbocycles. The highest BCUT2D eigenvalue weighted by molar-refractivity contribution is 5.93. The molecule has 2 atom stereocenters. The van der Waals surface area contributed by atoms with E-state index in [9.17, 15) is 4.79 Å². The van der Waals surface area contributed by atoms with Crippen LogP contribution in [0, 0.1) is 0 Å². The average Bonchev–Trinajstić information content (AvgIpc) is 3.31. The maximum Gasteiger partial charge on any atom is 0.238 e. The maximum atomic E-state index is 12.6.